The van der Waals surface area contributed by atoms with Crippen molar-refractivity contribution in [2.45, 2.75) is 23.8 Å². The molecule has 110 valence electrons. The molecule has 20 heavy (non-hydrogen) atoms. The standard InChI is InChI=1S/C12H17N3O4S/c1-20(17,18)10-6-13-14-11(10)9-7-19-5-4-15(9)12(16)8-2-3-8/h6,8-9H,2-5,7H2,1H3,(H,13,14)/t9-/m1/s1. The zero-order valence-corrected chi connectivity index (χ0v) is 12.0. The first-order valence-corrected chi connectivity index (χ1v) is 8.49. The highest BCUT2D eigenvalue weighted by Crippen LogP contribution is 2.35. The minimum atomic E-state index is -3.38. The van der Waals surface area contributed by atoms with Gasteiger partial charge in [-0.2, -0.15) is 5.10 Å². The lowest BCUT2D eigenvalue weighted by molar-refractivity contribution is -0.141. The van der Waals surface area contributed by atoms with Gasteiger partial charge in [0.05, 0.1) is 31.1 Å². The fourth-order valence-corrected chi connectivity index (χ4v) is 3.32. The van der Waals surface area contributed by atoms with Crippen LogP contribution in [0.4, 0.5) is 0 Å². The highest BCUT2D eigenvalue weighted by molar-refractivity contribution is 7.90. The van der Waals surface area contributed by atoms with Gasteiger partial charge in [0, 0.05) is 18.7 Å². The van der Waals surface area contributed by atoms with Crippen LogP contribution < -0.4 is 0 Å². The van der Waals surface area contributed by atoms with Gasteiger partial charge in [-0.05, 0) is 12.8 Å². The number of H-pyrrole nitrogens is 1. The van der Waals surface area contributed by atoms with Gasteiger partial charge in [0.1, 0.15) is 4.90 Å². The number of nitrogens with zero attached hydrogens (tertiary/aromatic N) is 2. The van der Waals surface area contributed by atoms with E-state index in [1.807, 2.05) is 0 Å². The Bertz CT molecular complexity index is 620. The third-order valence-electron chi connectivity index (χ3n) is 3.70. The Balaban J connectivity index is 1.94. The maximum atomic E-state index is 12.3. The summed E-state index contributed by atoms with van der Waals surface area (Å²) in [4.78, 5) is 14.2. The maximum absolute atomic E-state index is 12.3. The van der Waals surface area contributed by atoms with Crippen LogP contribution in [0.25, 0.3) is 0 Å². The Morgan fingerprint density at radius 3 is 2.90 bits per heavy atom. The van der Waals surface area contributed by atoms with E-state index in [2.05, 4.69) is 10.2 Å². The molecule has 8 heteroatoms. The number of sulfone groups is 1. The summed E-state index contributed by atoms with van der Waals surface area (Å²) in [6, 6.07) is -0.399. The minimum absolute atomic E-state index is 0.0901. The molecular formula is C12H17N3O4S. The Morgan fingerprint density at radius 1 is 1.50 bits per heavy atom. The molecular weight excluding hydrogens is 282 g/mol. The molecule has 0 radical (unpaired) electrons. The average molecular weight is 299 g/mol. The summed E-state index contributed by atoms with van der Waals surface area (Å²) in [5, 5.41) is 6.54. The van der Waals surface area contributed by atoms with E-state index in [0.29, 0.717) is 25.5 Å². The maximum Gasteiger partial charge on any atom is 0.226 e. The molecule has 0 aromatic carbocycles. The molecule has 7 nitrogen and oxygen atoms in total. The predicted octanol–water partition coefficient (Wildman–Crippen LogP) is 0.123. The van der Waals surface area contributed by atoms with Crippen molar-refractivity contribution in [2.75, 3.05) is 26.0 Å². The van der Waals surface area contributed by atoms with Crippen LogP contribution in [0.15, 0.2) is 11.1 Å². The van der Waals surface area contributed by atoms with Crippen molar-refractivity contribution >= 4 is 15.7 Å². The summed E-state index contributed by atoms with van der Waals surface area (Å²) in [5.41, 5.74) is 0.446. The number of amides is 1. The van der Waals surface area contributed by atoms with E-state index in [0.717, 1.165) is 19.1 Å². The molecule has 2 heterocycles. The fourth-order valence-electron chi connectivity index (χ4n) is 2.49. The molecule has 1 saturated heterocycles. The Kier molecular flexibility index (Phi) is 3.29. The van der Waals surface area contributed by atoms with Crippen molar-refractivity contribution < 1.29 is 17.9 Å². The molecule has 1 N–H and O–H groups in total. The van der Waals surface area contributed by atoms with Crippen LogP contribution in [-0.4, -0.2) is 55.4 Å². The molecule has 0 bridgehead atoms. The van der Waals surface area contributed by atoms with E-state index in [-0.39, 0.29) is 16.7 Å². The average Bonchev–Trinajstić information content (AvgIpc) is 3.13. The molecule has 1 amide bonds. The smallest absolute Gasteiger partial charge is 0.226 e. The van der Waals surface area contributed by atoms with Gasteiger partial charge in [-0.1, -0.05) is 0 Å². The number of rotatable bonds is 3. The van der Waals surface area contributed by atoms with Crippen molar-refractivity contribution in [3.63, 3.8) is 0 Å². The number of aromatic amines is 1. The first-order valence-electron chi connectivity index (χ1n) is 6.60. The predicted molar refractivity (Wildman–Crippen MR) is 69.7 cm³/mol. The molecule has 0 unspecified atom stereocenters. The van der Waals surface area contributed by atoms with Crippen LogP contribution >= 0.6 is 0 Å². The van der Waals surface area contributed by atoms with Gasteiger partial charge >= 0.3 is 0 Å². The summed E-state index contributed by atoms with van der Waals surface area (Å²) in [6.07, 6.45) is 4.27. The second-order valence-electron chi connectivity index (χ2n) is 5.32. The summed E-state index contributed by atoms with van der Waals surface area (Å²) in [6.45, 7) is 1.27. The van der Waals surface area contributed by atoms with Crippen LogP contribution in [0.1, 0.15) is 24.6 Å². The summed E-state index contributed by atoms with van der Waals surface area (Å²) in [7, 11) is -3.38. The van der Waals surface area contributed by atoms with Crippen LogP contribution in [0.2, 0.25) is 0 Å². The fraction of sp³-hybridized carbons (Fsp3) is 0.667. The highest BCUT2D eigenvalue weighted by atomic mass is 32.2. The molecule has 1 aliphatic carbocycles. The number of hydrogen-bond donors (Lipinski definition) is 1. The molecule has 1 aromatic rings. The number of hydrogen-bond acceptors (Lipinski definition) is 5. The van der Waals surface area contributed by atoms with Crippen LogP contribution in [-0.2, 0) is 19.4 Å². The number of aromatic nitrogens is 2. The summed E-state index contributed by atoms with van der Waals surface area (Å²) in [5.74, 6) is 0.188. The van der Waals surface area contributed by atoms with Gasteiger partial charge in [-0.15, -0.1) is 0 Å². The number of nitrogens with one attached hydrogen (secondary N) is 1. The zero-order valence-electron chi connectivity index (χ0n) is 11.2. The van der Waals surface area contributed by atoms with E-state index in [1.54, 1.807) is 4.90 Å². The van der Waals surface area contributed by atoms with E-state index in [1.165, 1.54) is 6.20 Å². The number of carbonyl (C=O) groups is 1. The second kappa shape index (κ2) is 4.85. The highest BCUT2D eigenvalue weighted by Gasteiger charge is 2.39. The molecule has 1 aromatic heterocycles. The lowest BCUT2D eigenvalue weighted by Gasteiger charge is -2.35. The van der Waals surface area contributed by atoms with Gasteiger partial charge in [0.25, 0.3) is 0 Å². The lowest BCUT2D eigenvalue weighted by Crippen LogP contribution is -2.44. The molecule has 1 atom stereocenters. The van der Waals surface area contributed by atoms with Gasteiger partial charge < -0.3 is 9.64 Å². The summed E-state index contributed by atoms with van der Waals surface area (Å²) >= 11 is 0. The van der Waals surface area contributed by atoms with Crippen molar-refractivity contribution in [3.05, 3.63) is 11.9 Å². The van der Waals surface area contributed by atoms with E-state index in [9.17, 15) is 13.2 Å². The van der Waals surface area contributed by atoms with E-state index in [4.69, 9.17) is 4.74 Å². The van der Waals surface area contributed by atoms with Gasteiger partial charge in [-0.3, -0.25) is 9.89 Å². The first kappa shape index (κ1) is 13.6. The monoisotopic (exact) mass is 299 g/mol. The van der Waals surface area contributed by atoms with E-state index < -0.39 is 15.9 Å². The molecule has 1 aliphatic heterocycles. The Labute approximate surface area is 117 Å². The van der Waals surface area contributed by atoms with Crippen molar-refractivity contribution in [3.8, 4) is 0 Å². The second-order valence-corrected chi connectivity index (χ2v) is 7.30. The van der Waals surface area contributed by atoms with Crippen LogP contribution in [0.3, 0.4) is 0 Å². The Morgan fingerprint density at radius 2 is 2.25 bits per heavy atom. The molecule has 0 spiro atoms. The largest absolute Gasteiger partial charge is 0.377 e. The van der Waals surface area contributed by atoms with Crippen LogP contribution in [0, 0.1) is 5.92 Å². The topological polar surface area (TPSA) is 92.4 Å². The van der Waals surface area contributed by atoms with Crippen molar-refractivity contribution in [1.29, 1.82) is 0 Å². The van der Waals surface area contributed by atoms with Gasteiger partial charge in [0.15, 0.2) is 9.84 Å². The minimum Gasteiger partial charge on any atom is -0.377 e. The normalized spacial score (nSPS) is 23.9. The zero-order chi connectivity index (χ0) is 14.3. The van der Waals surface area contributed by atoms with Crippen LogP contribution in [0.5, 0.6) is 0 Å². The third-order valence-corrected chi connectivity index (χ3v) is 4.83. The molecule has 1 saturated carbocycles. The molecule has 2 aliphatic rings. The number of carbonyl (C=O) groups excluding carboxylic acids is 1. The number of morpholine rings is 1. The quantitative estimate of drug-likeness (QED) is 0.856. The van der Waals surface area contributed by atoms with Crippen molar-refractivity contribution in [2.24, 2.45) is 5.92 Å². The first-order chi connectivity index (χ1) is 9.48. The lowest BCUT2D eigenvalue weighted by atomic mass is 10.1. The third kappa shape index (κ3) is 2.45. The number of ether oxygens (including phenoxy) is 1. The van der Waals surface area contributed by atoms with Crippen molar-refractivity contribution in [1.82, 2.24) is 15.1 Å². The Hall–Kier alpha value is -1.41. The molecule has 3 rings (SSSR count). The SMILES string of the molecule is CS(=O)(=O)c1cn[nH]c1[C@H]1COCCN1C(=O)C1CC1. The molecule has 2 fully saturated rings. The summed E-state index contributed by atoms with van der Waals surface area (Å²) < 4.78 is 29.0. The van der Waals surface area contributed by atoms with E-state index >= 15 is 0 Å². The van der Waals surface area contributed by atoms with Gasteiger partial charge in [0.2, 0.25) is 5.91 Å². The van der Waals surface area contributed by atoms with Gasteiger partial charge in [-0.25, -0.2) is 8.42 Å².